The molecule has 476 valence electrons. The topological polar surface area (TPSA) is 108 Å². The number of amides is 1. The van der Waals surface area contributed by atoms with E-state index in [1.165, 1.54) is 315 Å². The molecule has 8 nitrogen and oxygen atoms in total. The second kappa shape index (κ2) is 62.5. The normalized spacial score (nSPS) is 13.7. The molecule has 3 atom stereocenters. The van der Waals surface area contributed by atoms with Gasteiger partial charge in [0.25, 0.3) is 7.82 Å². The fourth-order valence-corrected chi connectivity index (χ4v) is 11.8. The third kappa shape index (κ3) is 64.5. The molecule has 0 radical (unpaired) electrons. The summed E-state index contributed by atoms with van der Waals surface area (Å²) in [5.74, 6) is -0.198. The Balaban J connectivity index is 4.06. The fourth-order valence-electron chi connectivity index (χ4n) is 11.1. The molecule has 0 aliphatic heterocycles. The van der Waals surface area contributed by atoms with Crippen molar-refractivity contribution in [1.82, 2.24) is 5.32 Å². The maximum Gasteiger partial charge on any atom is 0.268 e. The highest BCUT2D eigenvalue weighted by molar-refractivity contribution is 7.45. The second-order valence-electron chi connectivity index (χ2n) is 25.9. The van der Waals surface area contributed by atoms with Crippen LogP contribution < -0.4 is 10.2 Å². The first kappa shape index (κ1) is 79.0. The number of quaternary nitrogens is 1. The Bertz CT molecular complexity index is 1350. The molecule has 3 unspecified atom stereocenters. The molecule has 0 heterocycles. The lowest BCUT2D eigenvalue weighted by molar-refractivity contribution is -0.870. The number of likely N-dealkylation sites (N-methyl/N-ethyl adjacent to an activating group) is 1. The van der Waals surface area contributed by atoms with Crippen LogP contribution in [0.1, 0.15) is 373 Å². The molecule has 0 saturated carbocycles. The minimum atomic E-state index is -4.61. The molecular weight excluding hydrogens is 1010 g/mol. The zero-order valence-electron chi connectivity index (χ0n) is 54.6. The summed E-state index contributed by atoms with van der Waals surface area (Å²) in [4.78, 5) is 25.6. The molecule has 0 fully saturated rings. The second-order valence-corrected chi connectivity index (χ2v) is 27.4. The quantitative estimate of drug-likeness (QED) is 0.0272. The smallest absolute Gasteiger partial charge is 0.268 e. The summed E-state index contributed by atoms with van der Waals surface area (Å²) in [6, 6.07) is -0.902. The van der Waals surface area contributed by atoms with Crippen LogP contribution in [0.4, 0.5) is 0 Å². The number of carbonyl (C=O) groups is 1. The lowest BCUT2D eigenvalue weighted by Crippen LogP contribution is -2.45. The Morgan fingerprint density at radius 1 is 0.425 bits per heavy atom. The average Bonchev–Trinajstić information content (AvgIpc) is 3.42. The molecule has 0 aromatic rings. The van der Waals surface area contributed by atoms with Gasteiger partial charge >= 0.3 is 0 Å². The summed E-state index contributed by atoms with van der Waals surface area (Å²) in [7, 11) is 1.26. The van der Waals surface area contributed by atoms with Gasteiger partial charge in [-0.2, -0.15) is 0 Å². The van der Waals surface area contributed by atoms with Crippen molar-refractivity contribution in [3.8, 4) is 0 Å². The minimum Gasteiger partial charge on any atom is -0.756 e. The summed E-state index contributed by atoms with van der Waals surface area (Å²) in [5, 5.41) is 14.0. The molecular formula is C71H141N2O6P. The number of hydrogen-bond donors (Lipinski definition) is 2. The molecule has 1 amide bonds. The Labute approximate surface area is 500 Å². The van der Waals surface area contributed by atoms with E-state index in [0.717, 1.165) is 38.5 Å². The van der Waals surface area contributed by atoms with Crippen LogP contribution in [-0.2, 0) is 18.4 Å². The first-order valence-corrected chi connectivity index (χ1v) is 37.2. The number of carbonyl (C=O) groups excluding carboxylic acids is 1. The molecule has 0 aromatic heterocycles. The van der Waals surface area contributed by atoms with Crippen molar-refractivity contribution in [2.45, 2.75) is 386 Å². The minimum absolute atomic E-state index is 0.00338. The highest BCUT2D eigenvalue weighted by Gasteiger charge is 2.23. The lowest BCUT2D eigenvalue weighted by atomic mass is 10.0. The largest absolute Gasteiger partial charge is 0.756 e. The molecule has 0 aliphatic carbocycles. The summed E-state index contributed by atoms with van der Waals surface area (Å²) < 4.78 is 23.5. The van der Waals surface area contributed by atoms with E-state index in [0.29, 0.717) is 17.4 Å². The van der Waals surface area contributed by atoms with Crippen molar-refractivity contribution in [2.24, 2.45) is 0 Å². The van der Waals surface area contributed by atoms with Gasteiger partial charge in [-0.25, -0.2) is 0 Å². The fraction of sp³-hybridized carbons (Fsp3) is 0.930. The van der Waals surface area contributed by atoms with Crippen molar-refractivity contribution in [3.05, 3.63) is 24.3 Å². The predicted molar refractivity (Wildman–Crippen MR) is 349 cm³/mol. The number of hydrogen-bond acceptors (Lipinski definition) is 6. The Morgan fingerprint density at radius 2 is 0.700 bits per heavy atom. The number of unbranched alkanes of at least 4 members (excludes halogenated alkanes) is 52. The SMILES string of the molecule is CCCCCCCCCCCCCCCCCCCCCCCCCCC/C=C/CC/C=C/C(O)C(COP(=O)([O-])OCC[N+](C)(C)C)NC(=O)CCCCCCCCCCCCCCCCCCCCCCCCCCCCC. The standard InChI is InChI=1S/C71H141N2O6P/c1-6-8-10-12-14-16-18-20-22-24-26-28-30-32-34-35-36-37-39-40-42-44-46-48-50-52-54-56-58-60-62-64-70(74)69(68-79-80(76,77)78-67-66-73(3,4)5)72-71(75)65-63-61-59-57-55-53-51-49-47-45-43-41-38-33-31-29-27-25-23-21-19-17-15-13-11-9-7-2/h54,56,62,64,69-70,74H,6-53,55,57-61,63,65-68H2,1-5H3,(H-,72,75,76,77)/b56-54+,64-62+. The number of nitrogens with one attached hydrogen (secondary N) is 1. The van der Waals surface area contributed by atoms with Crippen LogP contribution in [0.5, 0.6) is 0 Å². The highest BCUT2D eigenvalue weighted by Crippen LogP contribution is 2.38. The number of rotatable bonds is 67. The van der Waals surface area contributed by atoms with E-state index in [1.54, 1.807) is 6.08 Å². The Kier molecular flexibility index (Phi) is 61.7. The van der Waals surface area contributed by atoms with Gasteiger partial charge < -0.3 is 28.8 Å². The molecule has 0 rings (SSSR count). The van der Waals surface area contributed by atoms with Crippen molar-refractivity contribution < 1.29 is 32.9 Å². The predicted octanol–water partition coefficient (Wildman–Crippen LogP) is 22.0. The van der Waals surface area contributed by atoms with E-state index in [4.69, 9.17) is 9.05 Å². The van der Waals surface area contributed by atoms with Crippen LogP contribution in [0.3, 0.4) is 0 Å². The van der Waals surface area contributed by atoms with Gasteiger partial charge in [-0.05, 0) is 32.1 Å². The number of aliphatic hydroxyl groups is 1. The van der Waals surface area contributed by atoms with Gasteiger partial charge in [-0.3, -0.25) is 9.36 Å². The first-order valence-electron chi connectivity index (χ1n) is 35.7. The summed E-state index contributed by atoms with van der Waals surface area (Å²) in [6.07, 6.45) is 81.8. The molecule has 0 saturated heterocycles. The first-order chi connectivity index (χ1) is 39.0. The molecule has 80 heavy (non-hydrogen) atoms. The van der Waals surface area contributed by atoms with E-state index >= 15 is 0 Å². The number of aliphatic hydroxyl groups excluding tert-OH is 1. The molecule has 0 spiro atoms. The zero-order valence-corrected chi connectivity index (χ0v) is 55.5. The van der Waals surface area contributed by atoms with Gasteiger partial charge in [0.15, 0.2) is 0 Å². The molecule has 0 aliphatic rings. The van der Waals surface area contributed by atoms with Crippen molar-refractivity contribution in [1.29, 1.82) is 0 Å². The Morgan fingerprint density at radius 3 is 1.01 bits per heavy atom. The van der Waals surface area contributed by atoms with Gasteiger partial charge in [0.05, 0.1) is 39.9 Å². The average molecular weight is 1150 g/mol. The van der Waals surface area contributed by atoms with E-state index < -0.39 is 20.0 Å². The van der Waals surface area contributed by atoms with Gasteiger partial charge in [-0.1, -0.05) is 359 Å². The maximum absolute atomic E-state index is 13.0. The maximum atomic E-state index is 13.0. The zero-order chi connectivity index (χ0) is 58.4. The van der Waals surface area contributed by atoms with Gasteiger partial charge in [0.2, 0.25) is 5.91 Å². The van der Waals surface area contributed by atoms with Crippen LogP contribution in [0, 0.1) is 0 Å². The van der Waals surface area contributed by atoms with Crippen LogP contribution in [0.25, 0.3) is 0 Å². The summed E-state index contributed by atoms with van der Waals surface area (Å²) in [5.41, 5.74) is 0. The van der Waals surface area contributed by atoms with Crippen molar-refractivity contribution in [3.63, 3.8) is 0 Å². The molecule has 0 bridgehead atoms. The van der Waals surface area contributed by atoms with E-state index in [1.807, 2.05) is 27.2 Å². The summed E-state index contributed by atoms with van der Waals surface area (Å²) in [6.45, 7) is 4.70. The third-order valence-electron chi connectivity index (χ3n) is 16.7. The highest BCUT2D eigenvalue weighted by atomic mass is 31.2. The molecule has 0 aromatic carbocycles. The monoisotopic (exact) mass is 1150 g/mol. The van der Waals surface area contributed by atoms with Gasteiger partial charge in [0.1, 0.15) is 13.2 Å². The van der Waals surface area contributed by atoms with Crippen LogP contribution in [0.15, 0.2) is 24.3 Å². The van der Waals surface area contributed by atoms with E-state index in [9.17, 15) is 19.4 Å². The number of nitrogens with zero attached hydrogens (tertiary/aromatic N) is 1. The van der Waals surface area contributed by atoms with Crippen molar-refractivity contribution >= 4 is 13.7 Å². The van der Waals surface area contributed by atoms with Gasteiger partial charge in [0, 0.05) is 6.42 Å². The van der Waals surface area contributed by atoms with E-state index in [-0.39, 0.29) is 19.1 Å². The van der Waals surface area contributed by atoms with Crippen LogP contribution >= 0.6 is 7.82 Å². The van der Waals surface area contributed by atoms with Crippen LogP contribution in [0.2, 0.25) is 0 Å². The van der Waals surface area contributed by atoms with E-state index in [2.05, 4.69) is 31.3 Å². The molecule has 2 N–H and O–H groups in total. The lowest BCUT2D eigenvalue weighted by Gasteiger charge is -2.29. The number of phosphoric ester groups is 1. The Hall–Kier alpha value is -1.02. The van der Waals surface area contributed by atoms with Gasteiger partial charge in [-0.15, -0.1) is 0 Å². The van der Waals surface area contributed by atoms with Crippen molar-refractivity contribution in [2.75, 3.05) is 40.9 Å². The molecule has 9 heteroatoms. The third-order valence-corrected chi connectivity index (χ3v) is 17.6. The van der Waals surface area contributed by atoms with Crippen LogP contribution in [-0.4, -0.2) is 68.5 Å². The number of allylic oxidation sites excluding steroid dienone is 3. The number of phosphoric acid groups is 1. The summed E-state index contributed by atoms with van der Waals surface area (Å²) >= 11 is 0.